The molecule has 1 aliphatic carbocycles. The molecule has 1 aliphatic rings. The smallest absolute Gasteiger partial charge is 0.321 e. The summed E-state index contributed by atoms with van der Waals surface area (Å²) in [5, 5.41) is 14.7. The number of hydrogen-bond acceptors (Lipinski definition) is 4. The molecule has 0 bridgehead atoms. The van der Waals surface area contributed by atoms with Gasteiger partial charge < -0.3 is 10.4 Å². The molecule has 0 amide bonds. The van der Waals surface area contributed by atoms with Crippen molar-refractivity contribution >= 4 is 34.0 Å². The van der Waals surface area contributed by atoms with Crippen LogP contribution in [-0.4, -0.2) is 22.5 Å². The summed E-state index contributed by atoms with van der Waals surface area (Å²) in [5.41, 5.74) is 3.24. The van der Waals surface area contributed by atoms with Crippen molar-refractivity contribution in [3.63, 3.8) is 0 Å². The van der Waals surface area contributed by atoms with Gasteiger partial charge >= 0.3 is 5.97 Å². The first kappa shape index (κ1) is 16.6. The number of aryl methyl sites for hydroxylation is 1. The number of nitrogens with zero attached hydrogens (tertiary/aromatic N) is 1. The average molecular weight is 362 g/mol. The van der Waals surface area contributed by atoms with Crippen LogP contribution in [0.3, 0.4) is 0 Å². The number of fused-ring (bicyclic) bond motifs is 1. The highest BCUT2D eigenvalue weighted by Gasteiger charge is 2.49. The number of carboxylic acid groups (broad SMARTS) is 1. The molecule has 0 radical (unpaired) electrons. The monoisotopic (exact) mass is 362 g/mol. The first-order chi connectivity index (χ1) is 12.5. The number of benzene rings is 2. The molecular weight excluding hydrogens is 344 g/mol. The molecule has 26 heavy (non-hydrogen) atoms. The highest BCUT2D eigenvalue weighted by Crippen LogP contribution is 2.45. The summed E-state index contributed by atoms with van der Waals surface area (Å²) < 4.78 is 4.44. The van der Waals surface area contributed by atoms with Crippen LogP contribution >= 0.6 is 11.5 Å². The predicted molar refractivity (Wildman–Crippen MR) is 106 cm³/mol. The van der Waals surface area contributed by atoms with E-state index in [9.17, 15) is 9.90 Å². The SMILES string of the molecule is CNc1c(C)nsc1-c1ccc2cc(C#CC3(C(=O)O)CC3)ccc2c1. The Balaban J connectivity index is 1.69. The third-order valence-corrected chi connectivity index (χ3v) is 5.81. The minimum absolute atomic E-state index is 0.647. The summed E-state index contributed by atoms with van der Waals surface area (Å²) in [6, 6.07) is 12.3. The van der Waals surface area contributed by atoms with Gasteiger partial charge in [-0.05, 0) is 65.8 Å². The highest BCUT2D eigenvalue weighted by molar-refractivity contribution is 7.10. The van der Waals surface area contributed by atoms with Crippen LogP contribution in [0.5, 0.6) is 0 Å². The minimum Gasteiger partial charge on any atom is -0.480 e. The van der Waals surface area contributed by atoms with Crippen molar-refractivity contribution in [3.05, 3.63) is 47.7 Å². The zero-order chi connectivity index (χ0) is 18.3. The molecule has 2 aromatic carbocycles. The molecule has 0 spiro atoms. The molecule has 0 unspecified atom stereocenters. The van der Waals surface area contributed by atoms with E-state index in [0.717, 1.165) is 38.2 Å². The lowest BCUT2D eigenvalue weighted by atomic mass is 10.0. The zero-order valence-electron chi connectivity index (χ0n) is 14.6. The van der Waals surface area contributed by atoms with E-state index in [1.807, 2.05) is 32.2 Å². The van der Waals surface area contributed by atoms with E-state index < -0.39 is 11.4 Å². The lowest BCUT2D eigenvalue weighted by Crippen LogP contribution is -2.11. The number of anilines is 1. The summed E-state index contributed by atoms with van der Waals surface area (Å²) in [6.07, 6.45) is 1.29. The van der Waals surface area contributed by atoms with E-state index >= 15 is 0 Å². The number of aliphatic carboxylic acids is 1. The Morgan fingerprint density at radius 3 is 2.65 bits per heavy atom. The number of hydrogen-bond donors (Lipinski definition) is 2. The second-order valence-electron chi connectivity index (χ2n) is 6.64. The van der Waals surface area contributed by atoms with Gasteiger partial charge in [0.1, 0.15) is 5.41 Å². The van der Waals surface area contributed by atoms with Crippen molar-refractivity contribution in [3.8, 4) is 22.3 Å². The van der Waals surface area contributed by atoms with Crippen molar-refractivity contribution in [2.45, 2.75) is 19.8 Å². The van der Waals surface area contributed by atoms with E-state index in [4.69, 9.17) is 0 Å². The third kappa shape index (κ3) is 2.83. The Labute approximate surface area is 156 Å². The van der Waals surface area contributed by atoms with Gasteiger partial charge in [0.25, 0.3) is 0 Å². The summed E-state index contributed by atoms with van der Waals surface area (Å²) >= 11 is 1.50. The highest BCUT2D eigenvalue weighted by atomic mass is 32.1. The Morgan fingerprint density at radius 1 is 1.23 bits per heavy atom. The number of nitrogens with one attached hydrogen (secondary N) is 1. The van der Waals surface area contributed by atoms with Crippen LogP contribution in [0, 0.1) is 24.2 Å². The van der Waals surface area contributed by atoms with Crippen molar-refractivity contribution in [1.82, 2.24) is 4.37 Å². The summed E-state index contributed by atoms with van der Waals surface area (Å²) in [7, 11) is 1.91. The fraction of sp³-hybridized carbons (Fsp3) is 0.238. The first-order valence-electron chi connectivity index (χ1n) is 8.47. The summed E-state index contributed by atoms with van der Waals surface area (Å²) in [4.78, 5) is 12.4. The van der Waals surface area contributed by atoms with Crippen LogP contribution < -0.4 is 5.32 Å². The molecule has 1 heterocycles. The van der Waals surface area contributed by atoms with E-state index in [-0.39, 0.29) is 0 Å². The lowest BCUT2D eigenvalue weighted by Gasteiger charge is -2.06. The number of rotatable bonds is 3. The average Bonchev–Trinajstić information content (AvgIpc) is 3.35. The molecule has 1 saturated carbocycles. The normalized spacial score (nSPS) is 14.5. The fourth-order valence-electron chi connectivity index (χ4n) is 3.04. The Bertz CT molecular complexity index is 1080. The van der Waals surface area contributed by atoms with E-state index in [1.54, 1.807) is 0 Å². The maximum atomic E-state index is 11.2. The molecule has 0 atom stereocenters. The topological polar surface area (TPSA) is 62.2 Å². The molecule has 4 nitrogen and oxygen atoms in total. The maximum absolute atomic E-state index is 11.2. The number of carbonyl (C=O) groups is 1. The minimum atomic E-state index is -0.813. The third-order valence-electron chi connectivity index (χ3n) is 4.82. The first-order valence-corrected chi connectivity index (χ1v) is 9.24. The van der Waals surface area contributed by atoms with Gasteiger partial charge in [-0.15, -0.1) is 0 Å². The van der Waals surface area contributed by atoms with E-state index in [2.05, 4.69) is 39.7 Å². The number of carboxylic acids is 1. The largest absolute Gasteiger partial charge is 0.480 e. The van der Waals surface area contributed by atoms with Gasteiger partial charge in [-0.25, -0.2) is 0 Å². The van der Waals surface area contributed by atoms with Gasteiger partial charge in [-0.1, -0.05) is 30.0 Å². The van der Waals surface area contributed by atoms with Gasteiger partial charge in [-0.3, -0.25) is 4.79 Å². The molecule has 2 N–H and O–H groups in total. The quantitative estimate of drug-likeness (QED) is 0.672. The van der Waals surface area contributed by atoms with Crippen molar-refractivity contribution in [1.29, 1.82) is 0 Å². The van der Waals surface area contributed by atoms with Crippen LogP contribution in [0.25, 0.3) is 21.2 Å². The summed E-state index contributed by atoms with van der Waals surface area (Å²) in [6.45, 7) is 2.00. The second-order valence-corrected chi connectivity index (χ2v) is 7.41. The Morgan fingerprint density at radius 2 is 1.96 bits per heavy atom. The Hall–Kier alpha value is -2.84. The number of aromatic nitrogens is 1. The van der Waals surface area contributed by atoms with E-state index in [0.29, 0.717) is 12.8 Å². The molecule has 5 heteroatoms. The molecule has 4 rings (SSSR count). The van der Waals surface area contributed by atoms with Gasteiger partial charge in [-0.2, -0.15) is 4.37 Å². The van der Waals surface area contributed by atoms with Crippen molar-refractivity contribution in [2.75, 3.05) is 12.4 Å². The molecule has 0 saturated heterocycles. The predicted octanol–water partition coefficient (Wildman–Crippen LogP) is 4.53. The molecule has 3 aromatic rings. The van der Waals surface area contributed by atoms with Crippen molar-refractivity contribution < 1.29 is 9.90 Å². The van der Waals surface area contributed by atoms with Gasteiger partial charge in [0.05, 0.1) is 16.3 Å². The standard InChI is InChI=1S/C21H18N2O2S/c1-13-18(22-2)19(26-23-13)17-6-5-15-11-14(3-4-16(15)12-17)7-8-21(9-10-21)20(24)25/h3-6,11-12,22H,9-10H2,1-2H3,(H,24,25). The molecule has 1 aromatic heterocycles. The van der Waals surface area contributed by atoms with Crippen LogP contribution in [-0.2, 0) is 4.79 Å². The maximum Gasteiger partial charge on any atom is 0.321 e. The van der Waals surface area contributed by atoms with Crippen molar-refractivity contribution in [2.24, 2.45) is 5.41 Å². The van der Waals surface area contributed by atoms with Crippen LogP contribution in [0.4, 0.5) is 5.69 Å². The molecule has 1 fully saturated rings. The Kier molecular flexibility index (Phi) is 3.93. The lowest BCUT2D eigenvalue weighted by molar-refractivity contribution is -0.141. The van der Waals surface area contributed by atoms with Gasteiger partial charge in [0.15, 0.2) is 0 Å². The van der Waals surface area contributed by atoms with Gasteiger partial charge in [0.2, 0.25) is 0 Å². The molecule has 0 aliphatic heterocycles. The zero-order valence-corrected chi connectivity index (χ0v) is 15.4. The second kappa shape index (κ2) is 6.15. The molecular formula is C21H18N2O2S. The van der Waals surface area contributed by atoms with Gasteiger partial charge in [0, 0.05) is 12.6 Å². The van der Waals surface area contributed by atoms with Crippen LogP contribution in [0.15, 0.2) is 36.4 Å². The van der Waals surface area contributed by atoms with Crippen LogP contribution in [0.1, 0.15) is 24.1 Å². The van der Waals surface area contributed by atoms with Crippen LogP contribution in [0.2, 0.25) is 0 Å². The molecule has 130 valence electrons. The fourth-order valence-corrected chi connectivity index (χ4v) is 3.93. The summed E-state index contributed by atoms with van der Waals surface area (Å²) in [5.74, 6) is 5.17. The van der Waals surface area contributed by atoms with E-state index in [1.165, 1.54) is 11.5 Å².